The normalized spacial score (nSPS) is 18.3. The minimum atomic E-state index is -3.77. The van der Waals surface area contributed by atoms with E-state index < -0.39 is 25.6 Å². The van der Waals surface area contributed by atoms with E-state index >= 15 is 0 Å². The van der Waals surface area contributed by atoms with Crippen molar-refractivity contribution in [2.45, 2.75) is 64.5 Å². The van der Waals surface area contributed by atoms with Crippen molar-refractivity contribution < 1.29 is 17.9 Å². The Hall–Kier alpha value is -3.06. The lowest BCUT2D eigenvalue weighted by atomic mass is 9.77. The average Bonchev–Trinajstić information content (AvgIpc) is 3.11. The molecule has 0 amide bonds. The Balaban J connectivity index is 1.74. The van der Waals surface area contributed by atoms with Crippen LogP contribution in [-0.4, -0.2) is 44.4 Å². The van der Waals surface area contributed by atoms with Crippen LogP contribution in [0.1, 0.15) is 71.1 Å². The van der Waals surface area contributed by atoms with Gasteiger partial charge in [-0.15, -0.1) is 16.0 Å². The van der Waals surface area contributed by atoms with Crippen LogP contribution in [0.5, 0.6) is 11.5 Å². The molecule has 2 aromatic rings. The molecule has 0 saturated heterocycles. The zero-order valence-corrected chi connectivity index (χ0v) is 27.2. The van der Waals surface area contributed by atoms with Crippen LogP contribution in [0.3, 0.4) is 0 Å². The van der Waals surface area contributed by atoms with Gasteiger partial charge in [-0.25, -0.2) is 13.4 Å². The maximum Gasteiger partial charge on any atom is 0.261 e. The standard InChI is InChI=1S/C31H38Cl2N4O4S/c1-7-12-29(2,3)42(38,39)37-28-35-15-13-31(6,20-36-28)21-41-25-10-8-23(9-11-25)30(4,5)24-17-22(19-34)27(26(33)18-24)40-16-14-32/h8-11,13,15,17-18,20H,7,12,14,16,21H2,1-6H3,(H,35,37). The highest BCUT2D eigenvalue weighted by Gasteiger charge is 2.34. The molecule has 0 bridgehead atoms. The number of sulfonamides is 1. The van der Waals surface area contributed by atoms with E-state index in [1.165, 1.54) is 0 Å². The third-order valence-corrected chi connectivity index (χ3v) is 9.70. The van der Waals surface area contributed by atoms with Gasteiger partial charge in [0, 0.05) is 17.8 Å². The van der Waals surface area contributed by atoms with Crippen LogP contribution in [0.2, 0.25) is 5.02 Å². The number of nitrogens with one attached hydrogen (secondary N) is 1. The molecule has 1 heterocycles. The third kappa shape index (κ3) is 7.85. The van der Waals surface area contributed by atoms with Gasteiger partial charge in [0.1, 0.15) is 25.0 Å². The first kappa shape index (κ1) is 33.4. The first-order valence-corrected chi connectivity index (χ1v) is 16.0. The second kappa shape index (κ2) is 13.5. The molecule has 0 aliphatic carbocycles. The maximum absolute atomic E-state index is 12.8. The van der Waals surface area contributed by atoms with E-state index in [0.29, 0.717) is 34.4 Å². The van der Waals surface area contributed by atoms with Crippen molar-refractivity contribution in [3.63, 3.8) is 0 Å². The number of hydrogen-bond acceptors (Lipinski definition) is 5. The molecular formula is C31H38Cl2N4O4S. The molecule has 0 aromatic heterocycles. The lowest BCUT2D eigenvalue weighted by Crippen LogP contribution is -2.32. The van der Waals surface area contributed by atoms with E-state index in [0.717, 1.165) is 17.5 Å². The molecule has 226 valence electrons. The minimum absolute atomic E-state index is 0.0176. The van der Waals surface area contributed by atoms with Gasteiger partial charge >= 0.3 is 0 Å². The second-order valence-electron chi connectivity index (χ2n) is 11.6. The van der Waals surface area contributed by atoms with Crippen LogP contribution in [0, 0.1) is 16.7 Å². The van der Waals surface area contributed by atoms with E-state index in [1.807, 2.05) is 50.3 Å². The molecule has 0 fully saturated rings. The summed E-state index contributed by atoms with van der Waals surface area (Å²) >= 11 is 12.2. The molecule has 42 heavy (non-hydrogen) atoms. The molecule has 0 saturated carbocycles. The minimum Gasteiger partial charge on any atom is -0.492 e. The fraction of sp³-hybridized carbons (Fsp3) is 0.452. The largest absolute Gasteiger partial charge is 0.492 e. The predicted octanol–water partition coefficient (Wildman–Crippen LogP) is 6.99. The lowest BCUT2D eigenvalue weighted by molar-refractivity contribution is 0.257. The molecule has 2 aromatic carbocycles. The van der Waals surface area contributed by atoms with Crippen molar-refractivity contribution in [3.05, 3.63) is 70.4 Å². The number of rotatable bonds is 12. The zero-order chi connectivity index (χ0) is 31.2. The number of guanidine groups is 1. The number of nitrogens with zero attached hydrogens (tertiary/aromatic N) is 3. The molecule has 8 nitrogen and oxygen atoms in total. The summed E-state index contributed by atoms with van der Waals surface area (Å²) in [6.07, 6.45) is 6.36. The summed E-state index contributed by atoms with van der Waals surface area (Å²) < 4.78 is 40.2. The van der Waals surface area contributed by atoms with Gasteiger partial charge in [-0.2, -0.15) is 5.26 Å². The van der Waals surface area contributed by atoms with Gasteiger partial charge in [-0.1, -0.05) is 57.0 Å². The van der Waals surface area contributed by atoms with Crippen LogP contribution < -0.4 is 14.8 Å². The zero-order valence-electron chi connectivity index (χ0n) is 24.9. The number of halogens is 2. The fourth-order valence-corrected chi connectivity index (χ4v) is 5.78. The van der Waals surface area contributed by atoms with Crippen LogP contribution in [0.15, 0.2) is 58.1 Å². The predicted molar refractivity (Wildman–Crippen MR) is 171 cm³/mol. The van der Waals surface area contributed by atoms with Crippen molar-refractivity contribution in [1.29, 1.82) is 5.26 Å². The molecule has 1 atom stereocenters. The van der Waals surface area contributed by atoms with Crippen molar-refractivity contribution in [1.82, 2.24) is 5.32 Å². The van der Waals surface area contributed by atoms with E-state index in [1.54, 1.807) is 32.3 Å². The quantitative estimate of drug-likeness (QED) is 0.252. The molecule has 0 spiro atoms. The Morgan fingerprint density at radius 1 is 1.12 bits per heavy atom. The molecular weight excluding hydrogens is 595 g/mol. The van der Waals surface area contributed by atoms with Gasteiger partial charge in [0.25, 0.3) is 10.0 Å². The molecule has 11 heteroatoms. The van der Waals surface area contributed by atoms with Gasteiger partial charge in [-0.3, -0.25) is 0 Å². The Morgan fingerprint density at radius 3 is 2.43 bits per heavy atom. The monoisotopic (exact) mass is 632 g/mol. The first-order chi connectivity index (χ1) is 19.7. The van der Waals surface area contributed by atoms with Gasteiger partial charge in [-0.05, 0) is 62.6 Å². The van der Waals surface area contributed by atoms with Gasteiger partial charge in [0.2, 0.25) is 5.96 Å². The summed E-state index contributed by atoms with van der Waals surface area (Å²) in [4.78, 5) is 4.31. The van der Waals surface area contributed by atoms with Gasteiger partial charge in [0.05, 0.1) is 26.6 Å². The number of benzene rings is 2. The lowest BCUT2D eigenvalue weighted by Gasteiger charge is -2.27. The van der Waals surface area contributed by atoms with E-state index in [2.05, 4.69) is 34.6 Å². The van der Waals surface area contributed by atoms with Crippen LogP contribution in [-0.2, 0) is 15.4 Å². The Morgan fingerprint density at radius 2 is 1.81 bits per heavy atom. The topological polar surface area (TPSA) is 113 Å². The number of hydrogen-bond donors (Lipinski definition) is 1. The molecule has 1 unspecified atom stereocenters. The maximum atomic E-state index is 12.8. The van der Waals surface area contributed by atoms with Crippen LogP contribution in [0.25, 0.3) is 0 Å². The van der Waals surface area contributed by atoms with Crippen molar-refractivity contribution in [3.8, 4) is 17.6 Å². The molecule has 1 aliphatic rings. The fourth-order valence-electron chi connectivity index (χ4n) is 4.40. The summed E-state index contributed by atoms with van der Waals surface area (Å²) in [5, 5.41) is 12.9. The highest BCUT2D eigenvalue weighted by Crippen LogP contribution is 2.38. The Kier molecular flexibility index (Phi) is 10.7. The summed E-state index contributed by atoms with van der Waals surface area (Å²) in [5.74, 6) is 1.31. The van der Waals surface area contributed by atoms with Crippen molar-refractivity contribution >= 4 is 45.4 Å². The van der Waals surface area contributed by atoms with Crippen LogP contribution >= 0.6 is 23.2 Å². The second-order valence-corrected chi connectivity index (χ2v) is 14.6. The highest BCUT2D eigenvalue weighted by molar-refractivity contribution is 7.91. The molecule has 1 N–H and O–H groups in total. The number of alkyl halides is 1. The SMILES string of the molecule is CCCC(C)(C)S(=O)(=O)N=C1N=CC(C)(COc2ccc(C(C)(C)c3cc(Cl)c(OCCCl)c(C#N)c3)cc2)C=CN1. The van der Waals surface area contributed by atoms with Gasteiger partial charge < -0.3 is 14.8 Å². The van der Waals surface area contributed by atoms with Crippen molar-refractivity contribution in [2.24, 2.45) is 14.8 Å². The smallest absolute Gasteiger partial charge is 0.261 e. The summed E-state index contributed by atoms with van der Waals surface area (Å²) in [6, 6.07) is 13.5. The number of nitriles is 1. The van der Waals surface area contributed by atoms with E-state index in [9.17, 15) is 13.7 Å². The van der Waals surface area contributed by atoms with Crippen molar-refractivity contribution in [2.75, 3.05) is 19.1 Å². The third-order valence-electron chi connectivity index (χ3n) is 7.25. The molecule has 1 aliphatic heterocycles. The first-order valence-electron chi connectivity index (χ1n) is 13.7. The number of aliphatic imine (C=N–C) groups is 1. The van der Waals surface area contributed by atoms with E-state index in [4.69, 9.17) is 32.7 Å². The molecule has 0 radical (unpaired) electrons. The summed E-state index contributed by atoms with van der Waals surface area (Å²) in [7, 11) is -3.77. The summed E-state index contributed by atoms with van der Waals surface area (Å²) in [5.41, 5.74) is 1.15. The molecule has 3 rings (SSSR count). The Labute approximate surface area is 259 Å². The number of ether oxygens (including phenoxy) is 2. The summed E-state index contributed by atoms with van der Waals surface area (Å²) in [6.45, 7) is 11.8. The Bertz CT molecular complexity index is 1510. The highest BCUT2D eigenvalue weighted by atomic mass is 35.5. The van der Waals surface area contributed by atoms with E-state index in [-0.39, 0.29) is 19.2 Å². The van der Waals surface area contributed by atoms with Crippen LogP contribution in [0.4, 0.5) is 0 Å². The average molecular weight is 634 g/mol. The van der Waals surface area contributed by atoms with Gasteiger partial charge in [0.15, 0.2) is 5.75 Å².